The molecule has 8 nitrogen and oxygen atoms in total. The second-order valence-corrected chi connectivity index (χ2v) is 10.9. The lowest BCUT2D eigenvalue weighted by Gasteiger charge is -2.28. The number of ether oxygens (including phenoxy) is 1. The maximum atomic E-state index is 14.2. The largest absolute Gasteiger partial charge is 0.491 e. The Hall–Kier alpha value is -3.46. The summed E-state index contributed by atoms with van der Waals surface area (Å²) in [6.07, 6.45) is 3.01. The van der Waals surface area contributed by atoms with Crippen LogP contribution in [0, 0.1) is 12.7 Å². The van der Waals surface area contributed by atoms with Gasteiger partial charge in [0.2, 0.25) is 0 Å². The van der Waals surface area contributed by atoms with Gasteiger partial charge < -0.3 is 24.8 Å². The van der Waals surface area contributed by atoms with Crippen molar-refractivity contribution in [2.24, 2.45) is 7.05 Å². The van der Waals surface area contributed by atoms with Crippen molar-refractivity contribution in [1.29, 1.82) is 0 Å². The van der Waals surface area contributed by atoms with Gasteiger partial charge in [-0.3, -0.25) is 14.6 Å². The Labute approximate surface area is 228 Å². The van der Waals surface area contributed by atoms with Crippen molar-refractivity contribution in [2.75, 3.05) is 31.1 Å². The Balaban J connectivity index is 1.63. The standard InChI is InChI=1S/C30H38FN5O3/c1-6-39-24-16-21(9-10-23(24)31)19(4)34-29(37)25-27(36-13-11-17(2)32-12-14-36)22-15-18(3)33-26(20-7-8-20)28(22)35(5)30(25)38/h9-10,15-17,19-20,32H,6-8,11-14H2,1-5H3,(H,34,37)/t17-,19-/m0/s1. The summed E-state index contributed by atoms with van der Waals surface area (Å²) in [5, 5.41) is 7.41. The van der Waals surface area contributed by atoms with Crippen LogP contribution in [-0.2, 0) is 7.05 Å². The molecule has 2 fully saturated rings. The van der Waals surface area contributed by atoms with Gasteiger partial charge in [0, 0.05) is 49.7 Å². The SMILES string of the molecule is CCOc1cc([C@H](C)NC(=O)c2c(N3CCN[C@@H](C)CC3)c3cc(C)nc(C4CC4)c3n(C)c2=O)ccc1F. The minimum atomic E-state index is -0.474. The van der Waals surface area contributed by atoms with E-state index in [2.05, 4.69) is 22.5 Å². The number of hydrogen-bond acceptors (Lipinski definition) is 6. The Kier molecular flexibility index (Phi) is 7.62. The minimum Gasteiger partial charge on any atom is -0.491 e. The van der Waals surface area contributed by atoms with Crippen LogP contribution in [0.5, 0.6) is 5.75 Å². The van der Waals surface area contributed by atoms with Crippen LogP contribution in [0.25, 0.3) is 10.9 Å². The number of benzene rings is 1. The number of rotatable bonds is 7. The summed E-state index contributed by atoms with van der Waals surface area (Å²) in [5.74, 6) is -0.422. The summed E-state index contributed by atoms with van der Waals surface area (Å²) in [7, 11) is 1.73. The first kappa shape index (κ1) is 27.1. The van der Waals surface area contributed by atoms with Crippen molar-refractivity contribution in [2.45, 2.75) is 65.0 Å². The zero-order valence-electron chi connectivity index (χ0n) is 23.4. The second-order valence-electron chi connectivity index (χ2n) is 10.9. The third kappa shape index (κ3) is 5.37. The molecule has 2 aromatic heterocycles. The summed E-state index contributed by atoms with van der Waals surface area (Å²) in [6, 6.07) is 6.44. The maximum Gasteiger partial charge on any atom is 0.265 e. The van der Waals surface area contributed by atoms with Gasteiger partial charge in [0.15, 0.2) is 11.6 Å². The zero-order valence-corrected chi connectivity index (χ0v) is 23.4. The van der Waals surface area contributed by atoms with Crippen LogP contribution in [0.3, 0.4) is 0 Å². The second kappa shape index (κ2) is 11.0. The lowest BCUT2D eigenvalue weighted by atomic mass is 10.0. The molecule has 2 atom stereocenters. The Bertz CT molecular complexity index is 1470. The average Bonchev–Trinajstić information content (AvgIpc) is 3.75. The van der Waals surface area contributed by atoms with Gasteiger partial charge in [0.25, 0.3) is 11.5 Å². The topological polar surface area (TPSA) is 88.5 Å². The number of pyridine rings is 2. The number of halogens is 1. The average molecular weight is 536 g/mol. The van der Waals surface area contributed by atoms with E-state index < -0.39 is 17.8 Å². The number of hydrogen-bond donors (Lipinski definition) is 2. The summed E-state index contributed by atoms with van der Waals surface area (Å²) in [5.41, 5.74) is 3.80. The summed E-state index contributed by atoms with van der Waals surface area (Å²) in [4.78, 5) is 35.0. The number of aromatic nitrogens is 2. The molecule has 1 amide bonds. The minimum absolute atomic E-state index is 0.130. The molecule has 39 heavy (non-hydrogen) atoms. The first-order valence-corrected chi connectivity index (χ1v) is 13.9. The van der Waals surface area contributed by atoms with Crippen LogP contribution in [0.1, 0.15) is 79.3 Å². The molecule has 5 rings (SSSR count). The molecule has 0 unspecified atom stereocenters. The van der Waals surface area contributed by atoms with E-state index in [1.807, 2.05) is 19.9 Å². The summed E-state index contributed by atoms with van der Waals surface area (Å²) in [6.45, 7) is 10.2. The Morgan fingerprint density at radius 1 is 1.26 bits per heavy atom. The van der Waals surface area contributed by atoms with Crippen molar-refractivity contribution in [3.63, 3.8) is 0 Å². The fourth-order valence-electron chi connectivity index (χ4n) is 5.54. The Morgan fingerprint density at radius 3 is 2.74 bits per heavy atom. The molecule has 1 aromatic carbocycles. The molecule has 2 N–H and O–H groups in total. The maximum absolute atomic E-state index is 14.2. The molecular formula is C30H38FN5O3. The molecular weight excluding hydrogens is 497 g/mol. The number of aryl methyl sites for hydroxylation is 2. The predicted molar refractivity (Wildman–Crippen MR) is 151 cm³/mol. The van der Waals surface area contributed by atoms with Crippen molar-refractivity contribution < 1.29 is 13.9 Å². The van der Waals surface area contributed by atoms with E-state index in [-0.39, 0.29) is 16.9 Å². The van der Waals surface area contributed by atoms with Crippen LogP contribution in [0.4, 0.5) is 10.1 Å². The highest BCUT2D eigenvalue weighted by molar-refractivity contribution is 6.08. The van der Waals surface area contributed by atoms with E-state index in [1.54, 1.807) is 30.7 Å². The van der Waals surface area contributed by atoms with Gasteiger partial charge in [-0.25, -0.2) is 4.39 Å². The summed E-state index contributed by atoms with van der Waals surface area (Å²) >= 11 is 0. The number of nitrogens with one attached hydrogen (secondary N) is 2. The van der Waals surface area contributed by atoms with Crippen LogP contribution >= 0.6 is 0 Å². The van der Waals surface area contributed by atoms with Crippen molar-refractivity contribution >= 4 is 22.5 Å². The van der Waals surface area contributed by atoms with Crippen LogP contribution in [0.15, 0.2) is 29.1 Å². The van der Waals surface area contributed by atoms with Gasteiger partial charge in [-0.1, -0.05) is 6.07 Å². The van der Waals surface area contributed by atoms with Crippen molar-refractivity contribution in [1.82, 2.24) is 20.2 Å². The van der Waals surface area contributed by atoms with E-state index in [9.17, 15) is 14.0 Å². The zero-order chi connectivity index (χ0) is 27.8. The molecule has 1 aliphatic carbocycles. The lowest BCUT2D eigenvalue weighted by molar-refractivity contribution is 0.0938. The van der Waals surface area contributed by atoms with E-state index in [1.165, 1.54) is 6.07 Å². The third-order valence-corrected chi connectivity index (χ3v) is 7.81. The quantitative estimate of drug-likeness (QED) is 0.468. The molecule has 1 saturated carbocycles. The van der Waals surface area contributed by atoms with Crippen LogP contribution in [0.2, 0.25) is 0 Å². The molecule has 208 valence electrons. The van der Waals surface area contributed by atoms with Gasteiger partial charge in [-0.05, 0) is 70.7 Å². The van der Waals surface area contributed by atoms with E-state index in [4.69, 9.17) is 9.72 Å². The van der Waals surface area contributed by atoms with Crippen LogP contribution in [-0.4, -0.2) is 47.7 Å². The number of fused-ring (bicyclic) bond motifs is 1. The number of amides is 1. The number of carbonyl (C=O) groups is 1. The fraction of sp³-hybridized carbons (Fsp3) is 0.500. The first-order chi connectivity index (χ1) is 18.7. The normalized spacial score (nSPS) is 18.6. The monoisotopic (exact) mass is 535 g/mol. The molecule has 1 saturated heterocycles. The van der Waals surface area contributed by atoms with Gasteiger partial charge in [0.05, 0.1) is 29.5 Å². The van der Waals surface area contributed by atoms with Gasteiger partial charge in [-0.15, -0.1) is 0 Å². The van der Waals surface area contributed by atoms with E-state index >= 15 is 0 Å². The van der Waals surface area contributed by atoms with E-state index in [0.717, 1.165) is 54.6 Å². The molecule has 0 spiro atoms. The smallest absolute Gasteiger partial charge is 0.265 e. The molecule has 3 heterocycles. The number of carbonyl (C=O) groups excluding carboxylic acids is 1. The van der Waals surface area contributed by atoms with Gasteiger partial charge in [0.1, 0.15) is 5.56 Å². The molecule has 0 bridgehead atoms. The van der Waals surface area contributed by atoms with Gasteiger partial charge >= 0.3 is 0 Å². The van der Waals surface area contributed by atoms with Gasteiger partial charge in [-0.2, -0.15) is 0 Å². The van der Waals surface area contributed by atoms with Crippen LogP contribution < -0.4 is 25.8 Å². The highest BCUT2D eigenvalue weighted by Gasteiger charge is 2.33. The van der Waals surface area contributed by atoms with Crippen molar-refractivity contribution in [3.8, 4) is 5.75 Å². The van der Waals surface area contributed by atoms with E-state index in [0.29, 0.717) is 36.4 Å². The highest BCUT2D eigenvalue weighted by Crippen LogP contribution is 2.43. The first-order valence-electron chi connectivity index (χ1n) is 13.9. The molecule has 3 aromatic rings. The molecule has 9 heteroatoms. The molecule has 2 aliphatic rings. The Morgan fingerprint density at radius 2 is 2.03 bits per heavy atom. The number of nitrogens with zero attached hydrogens (tertiary/aromatic N) is 3. The summed E-state index contributed by atoms with van der Waals surface area (Å²) < 4.78 is 21.2. The third-order valence-electron chi connectivity index (χ3n) is 7.81. The van der Waals surface area contributed by atoms with Crippen molar-refractivity contribution in [3.05, 3.63) is 63.0 Å². The highest BCUT2D eigenvalue weighted by atomic mass is 19.1. The molecule has 1 aliphatic heterocycles. The fourth-order valence-corrected chi connectivity index (χ4v) is 5.54. The molecule has 0 radical (unpaired) electrons. The predicted octanol–water partition coefficient (Wildman–Crippen LogP) is 4.34. The lowest BCUT2D eigenvalue weighted by Crippen LogP contribution is -2.39. The number of anilines is 1.